The number of aryl methyl sites for hydroxylation is 2. The van der Waals surface area contributed by atoms with Crippen LogP contribution in [0.2, 0.25) is 0 Å². The molecule has 1 unspecified atom stereocenters. The van der Waals surface area contributed by atoms with Crippen LogP contribution in [0.25, 0.3) is 0 Å². The minimum atomic E-state index is -0.638. The Morgan fingerprint density at radius 2 is 2.35 bits per heavy atom. The molecule has 0 aliphatic carbocycles. The van der Waals surface area contributed by atoms with Crippen molar-refractivity contribution >= 4 is 15.9 Å². The predicted octanol–water partition coefficient (Wildman–Crippen LogP) is 2.61. The molecule has 0 bridgehead atoms. The lowest BCUT2D eigenvalue weighted by molar-refractivity contribution is 0.147. The van der Waals surface area contributed by atoms with Crippen LogP contribution < -0.4 is 0 Å². The lowest BCUT2D eigenvalue weighted by Crippen LogP contribution is -2.06. The molecule has 0 aliphatic rings. The summed E-state index contributed by atoms with van der Waals surface area (Å²) in [5.74, 6) is 0.580. The van der Waals surface area contributed by atoms with Crippen LogP contribution in [0, 0.1) is 0 Å². The number of hydrogen-bond donors (Lipinski definition) is 1. The van der Waals surface area contributed by atoms with E-state index in [1.807, 2.05) is 7.05 Å². The molecular formula is C12H15BrN2O2. The van der Waals surface area contributed by atoms with Crippen LogP contribution in [0.15, 0.2) is 27.3 Å². The summed E-state index contributed by atoms with van der Waals surface area (Å²) in [5, 5.41) is 14.4. The Morgan fingerprint density at radius 3 is 2.88 bits per heavy atom. The van der Waals surface area contributed by atoms with Crippen LogP contribution in [-0.2, 0) is 19.9 Å². The molecule has 5 heteroatoms. The molecule has 0 radical (unpaired) electrons. The van der Waals surface area contributed by atoms with Gasteiger partial charge >= 0.3 is 0 Å². The first-order chi connectivity index (χ1) is 8.13. The third-order valence-corrected chi connectivity index (χ3v) is 3.68. The maximum absolute atomic E-state index is 10.0. The number of aliphatic hydroxyl groups is 1. The van der Waals surface area contributed by atoms with E-state index >= 15 is 0 Å². The van der Waals surface area contributed by atoms with Crippen LogP contribution in [0.1, 0.15) is 30.2 Å². The average molecular weight is 299 g/mol. The standard InChI is InChI=1S/C12H15BrN2O2/c1-3-8-12(13)9(15(2)14-8)7-10(16)11-5-4-6-17-11/h4-6,10,16H,3,7H2,1-2H3. The van der Waals surface area contributed by atoms with E-state index in [-0.39, 0.29) is 0 Å². The summed E-state index contributed by atoms with van der Waals surface area (Å²) in [6.45, 7) is 2.06. The van der Waals surface area contributed by atoms with Crippen molar-refractivity contribution in [3.05, 3.63) is 40.0 Å². The second-order valence-electron chi connectivity index (χ2n) is 3.92. The van der Waals surface area contributed by atoms with Gasteiger partial charge in [0, 0.05) is 13.5 Å². The van der Waals surface area contributed by atoms with Crippen LogP contribution in [0.4, 0.5) is 0 Å². The number of halogens is 1. The van der Waals surface area contributed by atoms with Gasteiger partial charge in [-0.15, -0.1) is 0 Å². The van der Waals surface area contributed by atoms with Crippen LogP contribution in [-0.4, -0.2) is 14.9 Å². The summed E-state index contributed by atoms with van der Waals surface area (Å²) in [4.78, 5) is 0. The van der Waals surface area contributed by atoms with E-state index in [1.165, 1.54) is 0 Å². The molecule has 1 atom stereocenters. The molecule has 2 heterocycles. The summed E-state index contributed by atoms with van der Waals surface area (Å²) >= 11 is 3.53. The monoisotopic (exact) mass is 298 g/mol. The predicted molar refractivity (Wildman–Crippen MR) is 67.7 cm³/mol. The summed E-state index contributed by atoms with van der Waals surface area (Å²) in [7, 11) is 1.88. The van der Waals surface area contributed by atoms with Gasteiger partial charge in [-0.1, -0.05) is 6.92 Å². The maximum atomic E-state index is 10.0. The molecule has 2 aromatic heterocycles. The average Bonchev–Trinajstić information content (AvgIpc) is 2.92. The van der Waals surface area contributed by atoms with Gasteiger partial charge < -0.3 is 9.52 Å². The largest absolute Gasteiger partial charge is 0.467 e. The Bertz CT molecular complexity index is 491. The number of aliphatic hydroxyl groups excluding tert-OH is 1. The quantitative estimate of drug-likeness (QED) is 0.944. The first-order valence-corrected chi connectivity index (χ1v) is 6.34. The summed E-state index contributed by atoms with van der Waals surface area (Å²) in [5.41, 5.74) is 1.99. The summed E-state index contributed by atoms with van der Waals surface area (Å²) in [6.07, 6.45) is 2.28. The molecule has 2 aromatic rings. The molecular weight excluding hydrogens is 284 g/mol. The van der Waals surface area contributed by atoms with Gasteiger partial charge in [0.2, 0.25) is 0 Å². The molecule has 0 saturated heterocycles. The van der Waals surface area contributed by atoms with Crippen molar-refractivity contribution in [2.24, 2.45) is 7.05 Å². The van der Waals surface area contributed by atoms with Gasteiger partial charge in [-0.25, -0.2) is 0 Å². The molecule has 0 aromatic carbocycles. The van der Waals surface area contributed by atoms with E-state index in [1.54, 1.807) is 23.1 Å². The molecule has 92 valence electrons. The van der Waals surface area contributed by atoms with E-state index in [9.17, 15) is 5.11 Å². The molecule has 0 saturated carbocycles. The highest BCUT2D eigenvalue weighted by Gasteiger charge is 2.18. The SMILES string of the molecule is CCc1nn(C)c(CC(O)c2ccco2)c1Br. The molecule has 0 aliphatic heterocycles. The Balaban J connectivity index is 2.21. The molecule has 1 N–H and O–H groups in total. The van der Waals surface area contributed by atoms with E-state index in [2.05, 4.69) is 28.0 Å². The smallest absolute Gasteiger partial charge is 0.132 e. The number of aromatic nitrogens is 2. The zero-order valence-corrected chi connectivity index (χ0v) is 11.4. The fraction of sp³-hybridized carbons (Fsp3) is 0.417. The molecule has 4 nitrogen and oxygen atoms in total. The fourth-order valence-electron chi connectivity index (χ4n) is 1.81. The van der Waals surface area contributed by atoms with E-state index < -0.39 is 6.10 Å². The first kappa shape index (κ1) is 12.4. The third kappa shape index (κ3) is 2.45. The van der Waals surface area contributed by atoms with Gasteiger partial charge in [-0.05, 0) is 34.5 Å². The van der Waals surface area contributed by atoms with Gasteiger partial charge in [0.15, 0.2) is 0 Å². The summed E-state index contributed by atoms with van der Waals surface area (Å²) < 4.78 is 7.97. The van der Waals surface area contributed by atoms with Gasteiger partial charge in [-0.3, -0.25) is 4.68 Å². The lowest BCUT2D eigenvalue weighted by Gasteiger charge is -2.08. The number of furan rings is 1. The van der Waals surface area contributed by atoms with E-state index in [0.29, 0.717) is 12.2 Å². The van der Waals surface area contributed by atoms with Crippen molar-refractivity contribution in [1.82, 2.24) is 9.78 Å². The van der Waals surface area contributed by atoms with Crippen LogP contribution >= 0.6 is 15.9 Å². The van der Waals surface area contributed by atoms with Gasteiger partial charge in [0.05, 0.1) is 22.1 Å². The lowest BCUT2D eigenvalue weighted by atomic mass is 10.1. The van der Waals surface area contributed by atoms with Crippen molar-refractivity contribution in [3.63, 3.8) is 0 Å². The highest BCUT2D eigenvalue weighted by molar-refractivity contribution is 9.10. The van der Waals surface area contributed by atoms with Crippen LogP contribution in [0.3, 0.4) is 0 Å². The summed E-state index contributed by atoms with van der Waals surface area (Å²) in [6, 6.07) is 3.55. The second-order valence-corrected chi connectivity index (χ2v) is 4.71. The highest BCUT2D eigenvalue weighted by Crippen LogP contribution is 2.26. The Hall–Kier alpha value is -1.07. The van der Waals surface area contributed by atoms with Gasteiger partial charge in [0.1, 0.15) is 11.9 Å². The zero-order valence-electron chi connectivity index (χ0n) is 9.85. The Kier molecular flexibility index (Phi) is 3.69. The maximum Gasteiger partial charge on any atom is 0.132 e. The number of rotatable bonds is 4. The molecule has 0 spiro atoms. The number of nitrogens with zero attached hydrogens (tertiary/aromatic N) is 2. The fourth-order valence-corrected chi connectivity index (χ4v) is 2.58. The van der Waals surface area contributed by atoms with Crippen molar-refractivity contribution in [2.45, 2.75) is 25.9 Å². The topological polar surface area (TPSA) is 51.2 Å². The Labute approximate surface area is 108 Å². The first-order valence-electron chi connectivity index (χ1n) is 5.55. The van der Waals surface area contributed by atoms with Crippen LogP contribution in [0.5, 0.6) is 0 Å². The van der Waals surface area contributed by atoms with Gasteiger partial charge in [-0.2, -0.15) is 5.10 Å². The van der Waals surface area contributed by atoms with Crippen molar-refractivity contribution < 1.29 is 9.52 Å². The van der Waals surface area contributed by atoms with Crippen molar-refractivity contribution in [3.8, 4) is 0 Å². The zero-order chi connectivity index (χ0) is 12.4. The van der Waals surface area contributed by atoms with Crippen molar-refractivity contribution in [1.29, 1.82) is 0 Å². The second kappa shape index (κ2) is 5.06. The minimum absolute atomic E-state index is 0.484. The minimum Gasteiger partial charge on any atom is -0.467 e. The van der Waals surface area contributed by atoms with Gasteiger partial charge in [0.25, 0.3) is 0 Å². The molecule has 0 fully saturated rings. The third-order valence-electron chi connectivity index (χ3n) is 2.76. The normalized spacial score (nSPS) is 12.9. The molecule has 2 rings (SSSR count). The van der Waals surface area contributed by atoms with E-state index in [4.69, 9.17) is 4.42 Å². The van der Waals surface area contributed by atoms with Crippen molar-refractivity contribution in [2.75, 3.05) is 0 Å². The number of hydrogen-bond acceptors (Lipinski definition) is 3. The molecule has 0 amide bonds. The highest BCUT2D eigenvalue weighted by atomic mass is 79.9. The molecule has 17 heavy (non-hydrogen) atoms. The Morgan fingerprint density at radius 1 is 1.59 bits per heavy atom. The van der Waals surface area contributed by atoms with E-state index in [0.717, 1.165) is 22.3 Å².